The Bertz CT molecular complexity index is 435. The van der Waals surface area contributed by atoms with Crippen LogP contribution < -0.4 is 5.32 Å². The molecule has 1 aromatic rings. The summed E-state index contributed by atoms with van der Waals surface area (Å²) in [5, 5.41) is 11.1. The Morgan fingerprint density at radius 1 is 1.47 bits per heavy atom. The minimum absolute atomic E-state index is 0.0932. The standard InChI is InChI=1S/C10H8N2O3/c1-11-6-9(13)12-8-4-2-3-7(5-8)10(14)15/h2-5H,6H2,(H,12,13)(H,14,15). The van der Waals surface area contributed by atoms with Crippen LogP contribution >= 0.6 is 0 Å². The van der Waals surface area contributed by atoms with Gasteiger partial charge in [0, 0.05) is 5.69 Å². The molecule has 0 radical (unpaired) electrons. The molecular weight excluding hydrogens is 196 g/mol. The molecule has 0 aromatic heterocycles. The third-order valence-electron chi connectivity index (χ3n) is 1.62. The minimum Gasteiger partial charge on any atom is -0.478 e. The van der Waals surface area contributed by atoms with Gasteiger partial charge in [0.2, 0.25) is 0 Å². The minimum atomic E-state index is -1.06. The van der Waals surface area contributed by atoms with Crippen LogP contribution in [0.5, 0.6) is 0 Å². The summed E-state index contributed by atoms with van der Waals surface area (Å²) in [6, 6.07) is 5.85. The Labute approximate surface area is 86.2 Å². The van der Waals surface area contributed by atoms with E-state index in [0.717, 1.165) is 0 Å². The van der Waals surface area contributed by atoms with Crippen LogP contribution in [0, 0.1) is 6.57 Å². The molecule has 2 N–H and O–H groups in total. The van der Waals surface area contributed by atoms with E-state index in [4.69, 9.17) is 11.7 Å². The van der Waals surface area contributed by atoms with Gasteiger partial charge in [0.1, 0.15) is 0 Å². The number of benzene rings is 1. The number of nitrogens with zero attached hydrogens (tertiary/aromatic N) is 1. The number of hydrogen-bond donors (Lipinski definition) is 2. The van der Waals surface area contributed by atoms with E-state index in [-0.39, 0.29) is 12.1 Å². The highest BCUT2D eigenvalue weighted by atomic mass is 16.4. The summed E-state index contributed by atoms with van der Waals surface area (Å²) < 4.78 is 0. The fraction of sp³-hybridized carbons (Fsp3) is 0.100. The molecule has 0 saturated heterocycles. The van der Waals surface area contributed by atoms with Crippen LogP contribution in [-0.4, -0.2) is 23.5 Å². The van der Waals surface area contributed by atoms with Crippen molar-refractivity contribution in [1.29, 1.82) is 0 Å². The molecule has 0 spiro atoms. The summed E-state index contributed by atoms with van der Waals surface area (Å²) in [5.74, 6) is -1.51. The number of carboxylic acids is 1. The topological polar surface area (TPSA) is 70.8 Å². The average molecular weight is 204 g/mol. The summed E-state index contributed by atoms with van der Waals surface area (Å²) in [6.45, 7) is 6.21. The van der Waals surface area contributed by atoms with Crippen molar-refractivity contribution in [1.82, 2.24) is 0 Å². The van der Waals surface area contributed by atoms with Gasteiger partial charge in [-0.3, -0.25) is 4.79 Å². The van der Waals surface area contributed by atoms with Crippen molar-refractivity contribution < 1.29 is 14.7 Å². The fourth-order valence-electron chi connectivity index (χ4n) is 1.00. The Kier molecular flexibility index (Phi) is 3.41. The second-order valence-corrected chi connectivity index (χ2v) is 2.75. The maximum Gasteiger partial charge on any atom is 0.335 e. The average Bonchev–Trinajstić information content (AvgIpc) is 2.18. The van der Waals surface area contributed by atoms with Gasteiger partial charge >= 0.3 is 11.9 Å². The molecule has 15 heavy (non-hydrogen) atoms. The Morgan fingerprint density at radius 2 is 2.20 bits per heavy atom. The molecule has 0 atom stereocenters. The molecule has 0 saturated carbocycles. The van der Waals surface area contributed by atoms with E-state index in [1.807, 2.05) is 0 Å². The highest BCUT2D eigenvalue weighted by molar-refractivity contribution is 5.95. The van der Waals surface area contributed by atoms with Gasteiger partial charge in [-0.05, 0) is 18.2 Å². The van der Waals surface area contributed by atoms with Gasteiger partial charge in [-0.25, -0.2) is 11.4 Å². The molecule has 0 aliphatic heterocycles. The number of amides is 1. The van der Waals surface area contributed by atoms with Gasteiger partial charge in [0.15, 0.2) is 0 Å². The monoisotopic (exact) mass is 204 g/mol. The van der Waals surface area contributed by atoms with Crippen LogP contribution in [-0.2, 0) is 4.79 Å². The molecule has 1 rings (SSSR count). The van der Waals surface area contributed by atoms with Crippen LogP contribution in [0.2, 0.25) is 0 Å². The molecule has 1 aromatic carbocycles. The molecule has 5 heteroatoms. The van der Waals surface area contributed by atoms with Crippen LogP contribution in [0.1, 0.15) is 10.4 Å². The predicted molar refractivity (Wildman–Crippen MR) is 53.5 cm³/mol. The van der Waals surface area contributed by atoms with E-state index in [0.29, 0.717) is 5.69 Å². The Balaban J connectivity index is 2.79. The maximum atomic E-state index is 11.0. The summed E-state index contributed by atoms with van der Waals surface area (Å²) >= 11 is 0. The molecular formula is C10H8N2O3. The zero-order valence-electron chi connectivity index (χ0n) is 7.73. The molecule has 5 nitrogen and oxygen atoms in total. The molecule has 0 fully saturated rings. The molecule has 76 valence electrons. The Hall–Kier alpha value is -2.35. The molecule has 0 aliphatic carbocycles. The fourth-order valence-corrected chi connectivity index (χ4v) is 1.00. The molecule has 0 aliphatic rings. The third-order valence-corrected chi connectivity index (χ3v) is 1.62. The number of carbonyl (C=O) groups is 2. The van der Waals surface area contributed by atoms with Gasteiger partial charge in [-0.2, -0.15) is 0 Å². The van der Waals surface area contributed by atoms with Gasteiger partial charge in [-0.1, -0.05) is 6.07 Å². The van der Waals surface area contributed by atoms with E-state index in [9.17, 15) is 9.59 Å². The van der Waals surface area contributed by atoms with Crippen molar-refractivity contribution in [2.75, 3.05) is 11.9 Å². The van der Waals surface area contributed by atoms with Crippen molar-refractivity contribution in [3.05, 3.63) is 41.2 Å². The van der Waals surface area contributed by atoms with Crippen LogP contribution in [0.4, 0.5) is 5.69 Å². The van der Waals surface area contributed by atoms with E-state index in [2.05, 4.69) is 10.2 Å². The molecule has 1 amide bonds. The number of carboxylic acid groups (broad SMARTS) is 1. The second kappa shape index (κ2) is 4.77. The number of anilines is 1. The van der Waals surface area contributed by atoms with Crippen molar-refractivity contribution in [3.8, 4) is 0 Å². The van der Waals surface area contributed by atoms with E-state index < -0.39 is 11.9 Å². The quantitative estimate of drug-likeness (QED) is 0.727. The van der Waals surface area contributed by atoms with E-state index >= 15 is 0 Å². The van der Waals surface area contributed by atoms with Gasteiger partial charge in [0.25, 0.3) is 6.54 Å². The maximum absolute atomic E-state index is 11.0. The van der Waals surface area contributed by atoms with Crippen molar-refractivity contribution in [2.24, 2.45) is 0 Å². The summed E-state index contributed by atoms with van der Waals surface area (Å²) in [7, 11) is 0. The lowest BCUT2D eigenvalue weighted by atomic mass is 10.2. The summed E-state index contributed by atoms with van der Waals surface area (Å²) in [4.78, 5) is 24.5. The highest BCUT2D eigenvalue weighted by Gasteiger charge is 2.07. The molecule has 0 bridgehead atoms. The highest BCUT2D eigenvalue weighted by Crippen LogP contribution is 2.10. The smallest absolute Gasteiger partial charge is 0.335 e. The first-order valence-electron chi connectivity index (χ1n) is 4.10. The number of aromatic carboxylic acids is 1. The number of nitrogens with one attached hydrogen (secondary N) is 1. The van der Waals surface area contributed by atoms with E-state index in [1.165, 1.54) is 18.2 Å². The van der Waals surface area contributed by atoms with Crippen LogP contribution in [0.15, 0.2) is 24.3 Å². The number of carbonyl (C=O) groups excluding carboxylic acids is 1. The van der Waals surface area contributed by atoms with Crippen LogP contribution in [0.3, 0.4) is 0 Å². The normalized spacial score (nSPS) is 9.00. The zero-order chi connectivity index (χ0) is 11.3. The first-order valence-corrected chi connectivity index (χ1v) is 4.10. The lowest BCUT2D eigenvalue weighted by molar-refractivity contribution is -0.114. The van der Waals surface area contributed by atoms with Crippen molar-refractivity contribution >= 4 is 17.6 Å². The third kappa shape index (κ3) is 3.12. The first kappa shape index (κ1) is 10.7. The lowest BCUT2D eigenvalue weighted by Gasteiger charge is -2.01. The summed E-state index contributed by atoms with van der Waals surface area (Å²) in [6.07, 6.45) is 0. The number of hydrogen-bond acceptors (Lipinski definition) is 2. The summed E-state index contributed by atoms with van der Waals surface area (Å²) in [5.41, 5.74) is 0.471. The van der Waals surface area contributed by atoms with Crippen molar-refractivity contribution in [3.63, 3.8) is 0 Å². The number of rotatable bonds is 3. The lowest BCUT2D eigenvalue weighted by Crippen LogP contribution is -2.14. The van der Waals surface area contributed by atoms with Gasteiger partial charge in [0.05, 0.1) is 5.56 Å². The van der Waals surface area contributed by atoms with E-state index in [1.54, 1.807) is 6.07 Å². The predicted octanol–water partition coefficient (Wildman–Crippen LogP) is 1.24. The zero-order valence-corrected chi connectivity index (χ0v) is 7.73. The molecule has 0 unspecified atom stereocenters. The Morgan fingerprint density at radius 3 is 2.80 bits per heavy atom. The second-order valence-electron chi connectivity index (χ2n) is 2.75. The van der Waals surface area contributed by atoms with Gasteiger partial charge < -0.3 is 15.3 Å². The SMILES string of the molecule is [C-]#[N+]CC(=O)Nc1cccc(C(=O)O)c1. The largest absolute Gasteiger partial charge is 0.478 e. The van der Waals surface area contributed by atoms with Crippen LogP contribution in [0.25, 0.3) is 4.85 Å². The first-order chi connectivity index (χ1) is 7.13. The molecule has 0 heterocycles. The van der Waals surface area contributed by atoms with Gasteiger partial charge in [-0.15, -0.1) is 0 Å². The van der Waals surface area contributed by atoms with Crippen molar-refractivity contribution in [2.45, 2.75) is 0 Å².